The van der Waals surface area contributed by atoms with E-state index >= 15 is 0 Å². The Hall–Kier alpha value is -1.82. The number of anilines is 1. The van der Waals surface area contributed by atoms with Crippen LogP contribution in [-0.4, -0.2) is 21.7 Å². The van der Waals surface area contributed by atoms with Crippen molar-refractivity contribution < 1.29 is 4.79 Å². The molecule has 0 saturated heterocycles. The second-order valence-corrected chi connectivity index (χ2v) is 5.53. The van der Waals surface area contributed by atoms with Gasteiger partial charge in [0.15, 0.2) is 0 Å². The number of hydrogen-bond donors (Lipinski definition) is 2. The van der Waals surface area contributed by atoms with Gasteiger partial charge in [-0.1, -0.05) is 0 Å². The van der Waals surface area contributed by atoms with Gasteiger partial charge in [0.25, 0.3) is 0 Å². The Balaban J connectivity index is 1.49. The summed E-state index contributed by atoms with van der Waals surface area (Å²) >= 11 is 1.69. The van der Waals surface area contributed by atoms with Crippen LogP contribution in [0.2, 0.25) is 0 Å². The van der Waals surface area contributed by atoms with Crippen molar-refractivity contribution in [2.45, 2.75) is 32.0 Å². The summed E-state index contributed by atoms with van der Waals surface area (Å²) in [4.78, 5) is 11.6. The van der Waals surface area contributed by atoms with Crippen LogP contribution < -0.4 is 10.6 Å². The number of hydrogen-bond acceptors (Lipinski definition) is 4. The number of carbonyl (C=O) groups excluding carboxylic acids is 1. The summed E-state index contributed by atoms with van der Waals surface area (Å²) in [6.07, 6.45) is 5.83. The Morgan fingerprint density at radius 2 is 2.42 bits per heavy atom. The molecule has 1 fully saturated rings. The minimum absolute atomic E-state index is 0.0370. The number of nitrogens with one attached hydrogen (secondary N) is 2. The van der Waals surface area contributed by atoms with Crippen LogP contribution in [-0.2, 0) is 17.9 Å². The van der Waals surface area contributed by atoms with Crippen molar-refractivity contribution >= 4 is 22.9 Å². The lowest BCUT2D eigenvalue weighted by Gasteiger charge is -2.03. The molecule has 2 aromatic heterocycles. The first kappa shape index (κ1) is 12.2. The largest absolute Gasteiger partial charge is 0.378 e. The van der Waals surface area contributed by atoms with Gasteiger partial charge < -0.3 is 10.6 Å². The van der Waals surface area contributed by atoms with E-state index in [9.17, 15) is 4.79 Å². The van der Waals surface area contributed by atoms with E-state index in [0.29, 0.717) is 6.04 Å². The predicted octanol–water partition coefficient (Wildman–Crippen LogP) is 1.84. The minimum Gasteiger partial charge on any atom is -0.378 e. The maximum atomic E-state index is 11.6. The zero-order valence-corrected chi connectivity index (χ0v) is 11.3. The van der Waals surface area contributed by atoms with Crippen LogP contribution in [0.25, 0.3) is 0 Å². The van der Waals surface area contributed by atoms with E-state index in [2.05, 4.69) is 32.6 Å². The number of rotatable bonds is 6. The van der Waals surface area contributed by atoms with Gasteiger partial charge in [0, 0.05) is 18.8 Å². The average Bonchev–Trinajstić information content (AvgIpc) is 2.91. The van der Waals surface area contributed by atoms with Gasteiger partial charge in [-0.15, -0.1) is 0 Å². The molecular weight excluding hydrogens is 260 g/mol. The Labute approximate surface area is 115 Å². The minimum atomic E-state index is 0.0370. The topological polar surface area (TPSA) is 59.0 Å². The third-order valence-corrected chi connectivity index (χ3v) is 3.69. The molecule has 5 nitrogen and oxygen atoms in total. The highest BCUT2D eigenvalue weighted by atomic mass is 32.1. The first-order chi connectivity index (χ1) is 9.29. The molecule has 1 amide bonds. The van der Waals surface area contributed by atoms with E-state index in [1.165, 1.54) is 5.56 Å². The number of aromatic nitrogens is 2. The predicted molar refractivity (Wildman–Crippen MR) is 75.0 cm³/mol. The smallest absolute Gasteiger partial charge is 0.241 e. The van der Waals surface area contributed by atoms with Gasteiger partial charge in [-0.05, 0) is 35.2 Å². The molecule has 3 rings (SSSR count). The fourth-order valence-corrected chi connectivity index (χ4v) is 2.46. The first-order valence-corrected chi connectivity index (χ1v) is 7.30. The van der Waals surface area contributed by atoms with E-state index in [0.717, 1.165) is 25.1 Å². The van der Waals surface area contributed by atoms with E-state index in [-0.39, 0.29) is 12.5 Å². The lowest BCUT2D eigenvalue weighted by Crippen LogP contribution is -2.29. The van der Waals surface area contributed by atoms with Crippen LogP contribution in [0.15, 0.2) is 29.2 Å². The molecule has 0 bridgehead atoms. The second kappa shape index (κ2) is 5.44. The van der Waals surface area contributed by atoms with Crippen molar-refractivity contribution in [3.63, 3.8) is 0 Å². The van der Waals surface area contributed by atoms with Crippen LogP contribution in [0.5, 0.6) is 0 Å². The molecule has 2 heterocycles. The van der Waals surface area contributed by atoms with Crippen molar-refractivity contribution in [1.82, 2.24) is 15.1 Å². The molecule has 100 valence electrons. The number of thiophene rings is 1. The first-order valence-electron chi connectivity index (χ1n) is 6.36. The van der Waals surface area contributed by atoms with Gasteiger partial charge >= 0.3 is 0 Å². The summed E-state index contributed by atoms with van der Waals surface area (Å²) in [6, 6.07) is 2.49. The van der Waals surface area contributed by atoms with Crippen molar-refractivity contribution in [3.05, 3.63) is 34.8 Å². The summed E-state index contributed by atoms with van der Waals surface area (Å²) in [5.74, 6) is 0.0370. The monoisotopic (exact) mass is 276 g/mol. The van der Waals surface area contributed by atoms with Gasteiger partial charge in [-0.3, -0.25) is 9.48 Å². The van der Waals surface area contributed by atoms with Crippen LogP contribution in [0.1, 0.15) is 18.4 Å². The fraction of sp³-hybridized carbons (Fsp3) is 0.385. The van der Waals surface area contributed by atoms with Crippen molar-refractivity contribution in [2.24, 2.45) is 0 Å². The maximum Gasteiger partial charge on any atom is 0.241 e. The molecule has 2 N–H and O–H groups in total. The van der Waals surface area contributed by atoms with Gasteiger partial charge in [0.2, 0.25) is 5.91 Å². The molecule has 0 radical (unpaired) electrons. The number of amides is 1. The summed E-state index contributed by atoms with van der Waals surface area (Å²) in [6.45, 7) is 1.07. The SMILES string of the molecule is O=C(Cn1cc(NCc2ccsc2)cn1)NC1CC1. The van der Waals surface area contributed by atoms with E-state index in [1.807, 2.05) is 6.20 Å². The highest BCUT2D eigenvalue weighted by molar-refractivity contribution is 7.07. The molecule has 0 aromatic carbocycles. The maximum absolute atomic E-state index is 11.6. The lowest BCUT2D eigenvalue weighted by atomic mass is 10.3. The molecule has 1 saturated carbocycles. The van der Waals surface area contributed by atoms with E-state index in [4.69, 9.17) is 0 Å². The van der Waals surface area contributed by atoms with Gasteiger partial charge in [-0.2, -0.15) is 16.4 Å². The summed E-state index contributed by atoms with van der Waals surface area (Å²) in [7, 11) is 0. The van der Waals surface area contributed by atoms with Gasteiger partial charge in [0.1, 0.15) is 6.54 Å². The lowest BCUT2D eigenvalue weighted by molar-refractivity contribution is -0.122. The Morgan fingerprint density at radius 3 is 3.16 bits per heavy atom. The van der Waals surface area contributed by atoms with Crippen LogP contribution >= 0.6 is 11.3 Å². The second-order valence-electron chi connectivity index (χ2n) is 4.75. The quantitative estimate of drug-likeness (QED) is 0.846. The number of carbonyl (C=O) groups is 1. The summed E-state index contributed by atoms with van der Waals surface area (Å²) in [5.41, 5.74) is 2.19. The third kappa shape index (κ3) is 3.57. The molecule has 19 heavy (non-hydrogen) atoms. The Morgan fingerprint density at radius 1 is 1.53 bits per heavy atom. The van der Waals surface area contributed by atoms with Gasteiger partial charge in [-0.25, -0.2) is 0 Å². The molecule has 0 spiro atoms. The molecular formula is C13H16N4OS. The van der Waals surface area contributed by atoms with Crippen molar-refractivity contribution in [3.8, 4) is 0 Å². The van der Waals surface area contributed by atoms with Crippen LogP contribution in [0, 0.1) is 0 Å². The fourth-order valence-electron chi connectivity index (χ4n) is 1.79. The highest BCUT2D eigenvalue weighted by Gasteiger charge is 2.23. The zero-order valence-electron chi connectivity index (χ0n) is 10.5. The van der Waals surface area contributed by atoms with E-state index < -0.39 is 0 Å². The molecule has 2 aromatic rings. The highest BCUT2D eigenvalue weighted by Crippen LogP contribution is 2.18. The number of nitrogens with zero attached hydrogens (tertiary/aromatic N) is 2. The molecule has 0 unspecified atom stereocenters. The Bertz CT molecular complexity index is 545. The standard InChI is InChI=1S/C13H16N4OS/c18-13(16-11-1-2-11)8-17-7-12(6-15-17)14-5-10-3-4-19-9-10/h3-4,6-7,9,11,14H,1-2,5,8H2,(H,16,18). The molecule has 0 aliphatic heterocycles. The van der Waals surface area contributed by atoms with Crippen molar-refractivity contribution in [1.29, 1.82) is 0 Å². The van der Waals surface area contributed by atoms with Crippen molar-refractivity contribution in [2.75, 3.05) is 5.32 Å². The molecule has 1 aliphatic rings. The summed E-state index contributed by atoms with van der Waals surface area (Å²) in [5, 5.41) is 14.6. The van der Waals surface area contributed by atoms with E-state index in [1.54, 1.807) is 22.2 Å². The Kier molecular flexibility index (Phi) is 3.50. The van der Waals surface area contributed by atoms with Crippen LogP contribution in [0.4, 0.5) is 5.69 Å². The molecule has 6 heteroatoms. The normalized spacial score (nSPS) is 14.3. The zero-order chi connectivity index (χ0) is 13.1. The summed E-state index contributed by atoms with van der Waals surface area (Å²) < 4.78 is 1.66. The molecule has 0 atom stereocenters. The third-order valence-electron chi connectivity index (χ3n) is 2.96. The van der Waals surface area contributed by atoms with Crippen LogP contribution in [0.3, 0.4) is 0 Å². The average molecular weight is 276 g/mol. The van der Waals surface area contributed by atoms with Gasteiger partial charge in [0.05, 0.1) is 11.9 Å². The molecule has 1 aliphatic carbocycles.